The Labute approximate surface area is 120 Å². The predicted octanol–water partition coefficient (Wildman–Crippen LogP) is 3.09. The monoisotopic (exact) mass is 304 g/mol. The fourth-order valence-electron chi connectivity index (χ4n) is 1.67. The van der Waals surface area contributed by atoms with E-state index >= 15 is 0 Å². The number of hydrogen-bond acceptors (Lipinski definition) is 3. The SMILES string of the molecule is CCCCCCNS(=O)(=O)c1cc(N)c(C)c(Cl)c1. The number of nitrogen functional groups attached to an aromatic ring is 1. The molecule has 0 spiro atoms. The van der Waals surface area contributed by atoms with Gasteiger partial charge in [0.05, 0.1) is 4.90 Å². The van der Waals surface area contributed by atoms with Crippen LogP contribution in [0, 0.1) is 6.92 Å². The van der Waals surface area contributed by atoms with Gasteiger partial charge in [-0.25, -0.2) is 13.1 Å². The van der Waals surface area contributed by atoms with Gasteiger partial charge < -0.3 is 5.73 Å². The number of anilines is 1. The van der Waals surface area contributed by atoms with Crippen molar-refractivity contribution in [2.24, 2.45) is 0 Å². The largest absolute Gasteiger partial charge is 0.398 e. The second kappa shape index (κ2) is 7.12. The molecule has 1 aromatic carbocycles. The van der Waals surface area contributed by atoms with Crippen molar-refractivity contribution < 1.29 is 8.42 Å². The molecule has 1 rings (SSSR count). The van der Waals surface area contributed by atoms with Gasteiger partial charge in [0.2, 0.25) is 10.0 Å². The molecule has 19 heavy (non-hydrogen) atoms. The Morgan fingerprint density at radius 2 is 1.95 bits per heavy atom. The summed E-state index contributed by atoms with van der Waals surface area (Å²) in [7, 11) is -3.52. The number of sulfonamides is 1. The Balaban J connectivity index is 2.72. The molecule has 6 heteroatoms. The number of hydrogen-bond donors (Lipinski definition) is 2. The van der Waals surface area contributed by atoms with Crippen LogP contribution in [0.5, 0.6) is 0 Å². The summed E-state index contributed by atoms with van der Waals surface area (Å²) in [6.45, 7) is 4.31. The molecule has 1 aromatic rings. The molecule has 0 bridgehead atoms. The fourth-order valence-corrected chi connectivity index (χ4v) is 3.10. The number of benzene rings is 1. The third-order valence-electron chi connectivity index (χ3n) is 2.99. The Kier molecular flexibility index (Phi) is 6.10. The normalized spacial score (nSPS) is 11.7. The quantitative estimate of drug-likeness (QED) is 0.600. The molecule has 0 aliphatic carbocycles. The molecule has 0 saturated heterocycles. The van der Waals surface area contributed by atoms with E-state index in [1.165, 1.54) is 12.1 Å². The number of nitrogens with one attached hydrogen (secondary N) is 1. The minimum absolute atomic E-state index is 0.121. The van der Waals surface area contributed by atoms with Crippen molar-refractivity contribution in [3.63, 3.8) is 0 Å². The van der Waals surface area contributed by atoms with Crippen LogP contribution in [0.15, 0.2) is 17.0 Å². The van der Waals surface area contributed by atoms with Gasteiger partial charge >= 0.3 is 0 Å². The molecule has 0 unspecified atom stereocenters. The molecule has 4 nitrogen and oxygen atoms in total. The highest BCUT2D eigenvalue weighted by atomic mass is 35.5. The van der Waals surface area contributed by atoms with Gasteiger partial charge in [-0.05, 0) is 31.0 Å². The van der Waals surface area contributed by atoms with E-state index in [0.717, 1.165) is 25.7 Å². The van der Waals surface area contributed by atoms with E-state index < -0.39 is 10.0 Å². The highest BCUT2D eigenvalue weighted by Crippen LogP contribution is 2.25. The van der Waals surface area contributed by atoms with Gasteiger partial charge in [0.1, 0.15) is 0 Å². The molecule has 0 aliphatic heterocycles. The average molecular weight is 305 g/mol. The van der Waals surface area contributed by atoms with Crippen LogP contribution >= 0.6 is 11.6 Å². The van der Waals surface area contributed by atoms with Gasteiger partial charge in [0.25, 0.3) is 0 Å². The Hall–Kier alpha value is -0.780. The maximum atomic E-state index is 12.1. The van der Waals surface area contributed by atoms with E-state index in [2.05, 4.69) is 11.6 Å². The van der Waals surface area contributed by atoms with Crippen LogP contribution in [-0.4, -0.2) is 15.0 Å². The van der Waals surface area contributed by atoms with Crippen molar-refractivity contribution in [3.8, 4) is 0 Å². The standard InChI is InChI=1S/C13H21ClN2O2S/c1-3-4-5-6-7-16-19(17,18)11-8-12(14)10(2)13(15)9-11/h8-9,16H,3-7,15H2,1-2H3. The molecule has 0 aromatic heterocycles. The summed E-state index contributed by atoms with van der Waals surface area (Å²) in [5.41, 5.74) is 6.82. The van der Waals surface area contributed by atoms with Crippen LogP contribution in [-0.2, 0) is 10.0 Å². The highest BCUT2D eigenvalue weighted by molar-refractivity contribution is 7.89. The third-order valence-corrected chi connectivity index (χ3v) is 4.82. The number of nitrogens with two attached hydrogens (primary N) is 1. The summed E-state index contributed by atoms with van der Waals surface area (Å²) >= 11 is 5.96. The molecule has 0 radical (unpaired) electrons. The number of rotatable bonds is 7. The molecule has 0 atom stereocenters. The maximum absolute atomic E-state index is 12.1. The second-order valence-electron chi connectivity index (χ2n) is 4.58. The van der Waals surface area contributed by atoms with Crippen LogP contribution in [0.25, 0.3) is 0 Å². The van der Waals surface area contributed by atoms with Crippen LogP contribution in [0.4, 0.5) is 5.69 Å². The summed E-state index contributed by atoms with van der Waals surface area (Å²) in [5, 5.41) is 0.367. The van der Waals surface area contributed by atoms with Gasteiger partial charge in [0, 0.05) is 17.3 Å². The number of unbranched alkanes of at least 4 members (excludes halogenated alkanes) is 3. The Morgan fingerprint density at radius 3 is 2.53 bits per heavy atom. The molecule has 0 saturated carbocycles. The minimum Gasteiger partial charge on any atom is -0.398 e. The molecule has 108 valence electrons. The lowest BCUT2D eigenvalue weighted by atomic mass is 10.2. The van der Waals surface area contributed by atoms with Crippen molar-refractivity contribution in [1.82, 2.24) is 4.72 Å². The van der Waals surface area contributed by atoms with Gasteiger partial charge in [-0.3, -0.25) is 0 Å². The van der Waals surface area contributed by atoms with E-state index in [4.69, 9.17) is 17.3 Å². The third kappa shape index (κ3) is 4.67. The zero-order valence-electron chi connectivity index (χ0n) is 11.4. The van der Waals surface area contributed by atoms with E-state index in [-0.39, 0.29) is 4.90 Å². The smallest absolute Gasteiger partial charge is 0.240 e. The van der Waals surface area contributed by atoms with Crippen molar-refractivity contribution in [2.45, 2.75) is 44.4 Å². The maximum Gasteiger partial charge on any atom is 0.240 e. The fraction of sp³-hybridized carbons (Fsp3) is 0.538. The van der Waals surface area contributed by atoms with Crippen molar-refractivity contribution in [3.05, 3.63) is 22.7 Å². The topological polar surface area (TPSA) is 72.2 Å². The first kappa shape index (κ1) is 16.3. The van der Waals surface area contributed by atoms with E-state index in [9.17, 15) is 8.42 Å². The lowest BCUT2D eigenvalue weighted by molar-refractivity contribution is 0.573. The lowest BCUT2D eigenvalue weighted by Crippen LogP contribution is -2.25. The summed E-state index contributed by atoms with van der Waals surface area (Å²) in [6, 6.07) is 2.87. The first-order chi connectivity index (χ1) is 8.88. The first-order valence-electron chi connectivity index (χ1n) is 6.43. The Bertz CT molecular complexity index is 506. The molecular formula is C13H21ClN2O2S. The molecule has 0 heterocycles. The lowest BCUT2D eigenvalue weighted by Gasteiger charge is -2.10. The summed E-state index contributed by atoms with van der Waals surface area (Å²) in [6.07, 6.45) is 4.10. The summed E-state index contributed by atoms with van der Waals surface area (Å²) < 4.78 is 26.7. The van der Waals surface area contributed by atoms with Gasteiger partial charge in [-0.1, -0.05) is 37.8 Å². The minimum atomic E-state index is -3.52. The van der Waals surface area contributed by atoms with E-state index in [1.54, 1.807) is 6.92 Å². The first-order valence-corrected chi connectivity index (χ1v) is 8.30. The summed E-state index contributed by atoms with van der Waals surface area (Å²) in [5.74, 6) is 0. The van der Waals surface area contributed by atoms with E-state index in [1.807, 2.05) is 0 Å². The van der Waals surface area contributed by atoms with Gasteiger partial charge in [-0.2, -0.15) is 0 Å². The zero-order chi connectivity index (χ0) is 14.5. The van der Waals surface area contributed by atoms with Gasteiger partial charge in [0.15, 0.2) is 0 Å². The van der Waals surface area contributed by atoms with Crippen LogP contribution in [0.1, 0.15) is 38.2 Å². The van der Waals surface area contributed by atoms with Crippen molar-refractivity contribution in [2.75, 3.05) is 12.3 Å². The zero-order valence-corrected chi connectivity index (χ0v) is 12.9. The van der Waals surface area contributed by atoms with Crippen molar-refractivity contribution in [1.29, 1.82) is 0 Å². The number of halogens is 1. The Morgan fingerprint density at radius 1 is 1.26 bits per heavy atom. The summed E-state index contributed by atoms with van der Waals surface area (Å²) in [4.78, 5) is 0.121. The van der Waals surface area contributed by atoms with Crippen LogP contribution in [0.2, 0.25) is 5.02 Å². The van der Waals surface area contributed by atoms with Gasteiger partial charge in [-0.15, -0.1) is 0 Å². The average Bonchev–Trinajstić information content (AvgIpc) is 2.35. The highest BCUT2D eigenvalue weighted by Gasteiger charge is 2.16. The predicted molar refractivity (Wildman–Crippen MR) is 79.9 cm³/mol. The molecule has 0 fully saturated rings. The molecule has 0 aliphatic rings. The molecular weight excluding hydrogens is 284 g/mol. The van der Waals surface area contributed by atoms with Crippen LogP contribution in [0.3, 0.4) is 0 Å². The van der Waals surface area contributed by atoms with Crippen molar-refractivity contribution >= 4 is 27.3 Å². The van der Waals surface area contributed by atoms with E-state index in [0.29, 0.717) is 22.8 Å². The molecule has 0 amide bonds. The molecule has 3 N–H and O–H groups in total. The second-order valence-corrected chi connectivity index (χ2v) is 6.75. The van der Waals surface area contributed by atoms with Crippen LogP contribution < -0.4 is 10.5 Å².